The Morgan fingerprint density at radius 1 is 1.06 bits per heavy atom. The Morgan fingerprint density at radius 3 is 2.43 bits per heavy atom. The Kier molecular flexibility index (Phi) is 11.1. The zero-order chi connectivity index (χ0) is 39.2. The number of aromatic nitrogens is 1. The number of rotatable bonds is 12. The highest BCUT2D eigenvalue weighted by Gasteiger charge is 2.62. The van der Waals surface area contributed by atoms with Crippen molar-refractivity contribution in [3.05, 3.63) is 49.2 Å². The zero-order valence-electron chi connectivity index (χ0n) is 32.2. The normalized spacial score (nSPS) is 28.9. The third kappa shape index (κ3) is 8.38. The van der Waals surface area contributed by atoms with Crippen molar-refractivity contribution >= 4 is 44.6 Å². The molecule has 13 nitrogen and oxygen atoms in total. The van der Waals surface area contributed by atoms with Crippen molar-refractivity contribution < 1.29 is 37.1 Å². The summed E-state index contributed by atoms with van der Waals surface area (Å²) in [4.78, 5) is 62.0. The minimum Gasteiger partial charge on any atom is -0.472 e. The van der Waals surface area contributed by atoms with Gasteiger partial charge in [0.1, 0.15) is 29.8 Å². The van der Waals surface area contributed by atoms with Crippen LogP contribution in [-0.4, -0.2) is 83.7 Å². The van der Waals surface area contributed by atoms with Crippen molar-refractivity contribution in [3.8, 4) is 5.88 Å². The van der Waals surface area contributed by atoms with Gasteiger partial charge < -0.3 is 25.0 Å². The predicted molar refractivity (Wildman–Crippen MR) is 204 cm³/mol. The number of nitrogens with one attached hydrogen (secondary N) is 3. The number of pyridine rings is 1. The number of amides is 4. The van der Waals surface area contributed by atoms with E-state index in [1.54, 1.807) is 6.20 Å². The lowest BCUT2D eigenvalue weighted by atomic mass is 9.75. The number of hydrogen-bond donors (Lipinski definition) is 3. The van der Waals surface area contributed by atoms with E-state index in [1.165, 1.54) is 11.0 Å². The van der Waals surface area contributed by atoms with Crippen LogP contribution in [0.4, 0.5) is 4.79 Å². The molecule has 8 unspecified atom stereocenters. The predicted octanol–water partition coefficient (Wildman–Crippen LogP) is 4.85. The fraction of sp³-hybridized carbons (Fsp3) is 0.625. The van der Waals surface area contributed by atoms with Crippen LogP contribution in [0.3, 0.4) is 0 Å². The van der Waals surface area contributed by atoms with Crippen LogP contribution in [0.1, 0.15) is 86.5 Å². The summed E-state index contributed by atoms with van der Waals surface area (Å²) in [6.07, 6.45) is 5.38. The van der Waals surface area contributed by atoms with E-state index in [4.69, 9.17) is 9.47 Å². The summed E-state index contributed by atoms with van der Waals surface area (Å²) in [6.45, 7) is 15.7. The highest BCUT2D eigenvalue weighted by atomic mass is 32.2. The fourth-order valence-electron chi connectivity index (χ4n) is 8.09. The molecule has 4 amide bonds. The summed E-state index contributed by atoms with van der Waals surface area (Å²) in [6, 6.07) is 7.23. The summed E-state index contributed by atoms with van der Waals surface area (Å²) < 4.78 is 40.1. The van der Waals surface area contributed by atoms with E-state index in [2.05, 4.69) is 47.7 Å². The lowest BCUT2D eigenvalue weighted by Crippen LogP contribution is -2.60. The first-order valence-electron chi connectivity index (χ1n) is 19.2. The molecule has 3 N–H and O–H groups in total. The molecular formula is C40H55N5O8S. The lowest BCUT2D eigenvalue weighted by Gasteiger charge is -2.38. The van der Waals surface area contributed by atoms with Gasteiger partial charge >= 0.3 is 6.09 Å². The van der Waals surface area contributed by atoms with Gasteiger partial charge in [0.15, 0.2) is 0 Å². The number of sulfonamides is 1. The van der Waals surface area contributed by atoms with Crippen molar-refractivity contribution in [1.82, 2.24) is 25.2 Å². The summed E-state index contributed by atoms with van der Waals surface area (Å²) in [7, 11) is -3.89. The largest absolute Gasteiger partial charge is 0.472 e. The van der Waals surface area contributed by atoms with E-state index in [-0.39, 0.29) is 31.4 Å². The molecule has 2 aromatic rings. The molecule has 54 heavy (non-hydrogen) atoms. The molecule has 0 bridgehead atoms. The van der Waals surface area contributed by atoms with Gasteiger partial charge in [-0.3, -0.25) is 19.1 Å². The topological polar surface area (TPSA) is 173 Å². The molecule has 8 atom stereocenters. The Balaban J connectivity index is 1.26. The van der Waals surface area contributed by atoms with Gasteiger partial charge in [-0.25, -0.2) is 18.2 Å². The molecule has 3 saturated carbocycles. The van der Waals surface area contributed by atoms with Crippen LogP contribution in [-0.2, 0) is 29.1 Å². The number of carbonyl (C=O) groups excluding carboxylic acids is 4. The van der Waals surface area contributed by atoms with Crippen LogP contribution < -0.4 is 20.1 Å². The van der Waals surface area contributed by atoms with Gasteiger partial charge in [0.25, 0.3) is 5.91 Å². The molecule has 0 radical (unpaired) electrons. The molecule has 1 aromatic heterocycles. The quantitative estimate of drug-likeness (QED) is 0.255. The van der Waals surface area contributed by atoms with Gasteiger partial charge in [0, 0.05) is 23.9 Å². The van der Waals surface area contributed by atoms with E-state index in [0.29, 0.717) is 30.6 Å². The van der Waals surface area contributed by atoms with Gasteiger partial charge in [-0.15, -0.1) is 6.58 Å². The van der Waals surface area contributed by atoms with Crippen molar-refractivity contribution in [2.75, 3.05) is 6.54 Å². The average molecular weight is 766 g/mol. The van der Waals surface area contributed by atoms with E-state index in [0.717, 1.165) is 30.0 Å². The number of likely N-dealkylation sites (tertiary alicyclic amines) is 1. The Labute approximate surface area is 318 Å². The van der Waals surface area contributed by atoms with Crippen molar-refractivity contribution in [2.45, 2.75) is 122 Å². The third-order valence-electron chi connectivity index (χ3n) is 11.6. The summed E-state index contributed by atoms with van der Waals surface area (Å²) in [5, 5.41) is 6.71. The maximum atomic E-state index is 14.7. The van der Waals surface area contributed by atoms with Crippen LogP contribution in [0, 0.1) is 29.1 Å². The summed E-state index contributed by atoms with van der Waals surface area (Å²) >= 11 is 0. The molecule has 3 aliphatic carbocycles. The standard InChI is InChI=1S/C40H55N5O8S/c1-8-26-21-40(26,37(48)44-54(50,51)28-14-15-28)43-34(46)31-20-27(52-35-30-12-10-9-11-25(30)17-18-41-35)22-45(31)36(47)33(39(5,6)7)42-38(49)53-32-19-24(4)13-16-29(32)23(2)3/h8-12,17-18,23-24,26-29,31-33H,1,13-16,19-22H2,2-7H3,(H,42,49)(H,43,46)(H,44,48). The number of carbonyl (C=O) groups is 4. The van der Waals surface area contributed by atoms with Gasteiger partial charge in [0.2, 0.25) is 27.7 Å². The molecule has 1 aromatic carbocycles. The van der Waals surface area contributed by atoms with Crippen LogP contribution in [0.2, 0.25) is 0 Å². The van der Waals surface area contributed by atoms with E-state index in [9.17, 15) is 27.6 Å². The van der Waals surface area contributed by atoms with Crippen LogP contribution in [0.25, 0.3) is 10.8 Å². The number of nitrogens with zero attached hydrogens (tertiary/aromatic N) is 2. The average Bonchev–Trinajstić information content (AvgIpc) is 4.03. The van der Waals surface area contributed by atoms with Crippen LogP contribution in [0.15, 0.2) is 49.2 Å². The lowest BCUT2D eigenvalue weighted by molar-refractivity contribution is -0.143. The highest BCUT2D eigenvalue weighted by Crippen LogP contribution is 2.46. The summed E-state index contributed by atoms with van der Waals surface area (Å²) in [5.74, 6) is -1.23. The van der Waals surface area contributed by atoms with Gasteiger partial charge in [-0.2, -0.15) is 0 Å². The summed E-state index contributed by atoms with van der Waals surface area (Å²) in [5.41, 5.74) is -2.34. The van der Waals surface area contributed by atoms with Gasteiger partial charge in [-0.05, 0) is 72.8 Å². The van der Waals surface area contributed by atoms with Gasteiger partial charge in [-0.1, -0.05) is 72.2 Å². The minimum absolute atomic E-state index is 0.0131. The monoisotopic (exact) mass is 765 g/mol. The molecule has 4 aliphatic rings. The van der Waals surface area contributed by atoms with E-state index >= 15 is 0 Å². The molecule has 2 heterocycles. The van der Waals surface area contributed by atoms with Crippen molar-refractivity contribution in [2.24, 2.45) is 29.1 Å². The Hall–Kier alpha value is -4.20. The number of hydrogen-bond acceptors (Lipinski definition) is 9. The molecule has 6 rings (SSSR count). The fourth-order valence-corrected chi connectivity index (χ4v) is 9.46. The van der Waals surface area contributed by atoms with Gasteiger partial charge in [0.05, 0.1) is 11.8 Å². The first kappa shape index (κ1) is 39.5. The Bertz CT molecular complexity index is 1890. The number of ether oxygens (including phenoxy) is 2. The maximum absolute atomic E-state index is 14.7. The number of fused-ring (bicyclic) bond motifs is 1. The maximum Gasteiger partial charge on any atom is 0.408 e. The second-order valence-corrected chi connectivity index (χ2v) is 19.2. The molecule has 294 valence electrons. The first-order chi connectivity index (χ1) is 25.4. The van der Waals surface area contributed by atoms with E-state index < -0.39 is 74.1 Å². The Morgan fingerprint density at radius 2 is 1.78 bits per heavy atom. The molecule has 1 aliphatic heterocycles. The zero-order valence-corrected chi connectivity index (χ0v) is 33.0. The molecule has 0 spiro atoms. The van der Waals surface area contributed by atoms with Crippen molar-refractivity contribution in [3.63, 3.8) is 0 Å². The third-order valence-corrected chi connectivity index (χ3v) is 13.4. The highest BCUT2D eigenvalue weighted by molar-refractivity contribution is 7.91. The second-order valence-electron chi connectivity index (χ2n) is 17.2. The molecule has 1 saturated heterocycles. The van der Waals surface area contributed by atoms with Crippen LogP contribution >= 0.6 is 0 Å². The molecule has 14 heteroatoms. The number of benzene rings is 1. The SMILES string of the molecule is C=CC1CC1(NC(=O)C1CC(Oc2nccc3ccccc23)CN1C(=O)C(NC(=O)OC1CC(C)CCC1C(C)C)C(C)(C)C)C(=O)NS(=O)(=O)C1CC1. The number of alkyl carbamates (subject to hydrolysis) is 1. The second kappa shape index (κ2) is 15.1. The van der Waals surface area contributed by atoms with Crippen LogP contribution in [0.5, 0.6) is 5.88 Å². The van der Waals surface area contributed by atoms with Crippen molar-refractivity contribution in [1.29, 1.82) is 0 Å². The minimum atomic E-state index is -3.89. The molecule has 4 fully saturated rings. The molecular weight excluding hydrogens is 711 g/mol. The smallest absolute Gasteiger partial charge is 0.408 e. The van der Waals surface area contributed by atoms with E-state index in [1.807, 2.05) is 51.1 Å². The first-order valence-corrected chi connectivity index (χ1v) is 20.8.